The van der Waals surface area contributed by atoms with E-state index in [1.165, 1.54) is 4.90 Å². The fraction of sp³-hybridized carbons (Fsp3) is 0.560. The van der Waals surface area contributed by atoms with E-state index in [0.717, 1.165) is 18.5 Å². The molecule has 1 saturated carbocycles. The SMILES string of the molecule is NC(=O)CN1CCC(O)(CNc2ncnc(N(Cc3ccc(C(O)(C(F)(F)F)C(F)(F)F)cc3)C3CC3)c2F)C(O)C1. The molecule has 42 heavy (non-hydrogen) atoms. The Kier molecular flexibility index (Phi) is 8.61. The molecule has 1 aromatic carbocycles. The lowest BCUT2D eigenvalue weighted by Gasteiger charge is -2.41. The number of benzene rings is 1. The monoisotopic (exact) mass is 610 g/mol. The standard InChI is InChI=1S/C25H29F7N6O4/c26-19-20(34-12-22(41)7-8-37(10-17(22)39)11-18(33)40)35-13-36-21(19)38(16-5-6-16)9-14-1-3-15(4-2-14)23(42,24(27,28)29)25(30,31)32/h1-4,13,16-17,39,41-42H,5-12H2,(H2,33,40)(H,34,35,36). The number of halogens is 7. The van der Waals surface area contributed by atoms with Crippen molar-refractivity contribution < 1.29 is 50.8 Å². The number of nitrogens with two attached hydrogens (primary N) is 1. The van der Waals surface area contributed by atoms with Crippen LogP contribution in [0.3, 0.4) is 0 Å². The van der Waals surface area contributed by atoms with Crippen molar-refractivity contribution in [2.24, 2.45) is 5.73 Å². The largest absolute Gasteiger partial charge is 0.430 e. The Morgan fingerprint density at radius 3 is 2.26 bits per heavy atom. The first kappa shape index (κ1) is 31.7. The number of primary amides is 1. The van der Waals surface area contributed by atoms with Crippen LogP contribution < -0.4 is 16.0 Å². The predicted molar refractivity (Wildman–Crippen MR) is 133 cm³/mol. The number of nitrogens with one attached hydrogen (secondary N) is 1. The van der Waals surface area contributed by atoms with Gasteiger partial charge in [0.05, 0.1) is 12.6 Å². The number of aliphatic hydroxyl groups is 3. The third-order valence-corrected chi connectivity index (χ3v) is 7.43. The molecule has 2 aliphatic rings. The summed E-state index contributed by atoms with van der Waals surface area (Å²) >= 11 is 0. The smallest absolute Gasteiger partial charge is 0.389 e. The highest BCUT2D eigenvalue weighted by molar-refractivity contribution is 5.75. The zero-order valence-electron chi connectivity index (χ0n) is 22.0. The molecule has 0 bridgehead atoms. The molecule has 2 aromatic rings. The summed E-state index contributed by atoms with van der Waals surface area (Å²) in [5.41, 5.74) is -2.77. The van der Waals surface area contributed by atoms with Crippen LogP contribution in [-0.2, 0) is 16.9 Å². The number of anilines is 2. The third-order valence-electron chi connectivity index (χ3n) is 7.43. The number of aromatic nitrogens is 2. The van der Waals surface area contributed by atoms with Gasteiger partial charge in [-0.25, -0.2) is 9.97 Å². The molecule has 0 spiro atoms. The molecule has 1 aliphatic heterocycles. The van der Waals surface area contributed by atoms with Crippen molar-refractivity contribution >= 4 is 17.5 Å². The normalized spacial score (nSPS) is 22.2. The summed E-state index contributed by atoms with van der Waals surface area (Å²) in [5, 5.41) is 33.6. The van der Waals surface area contributed by atoms with Crippen molar-refractivity contribution in [1.82, 2.24) is 14.9 Å². The van der Waals surface area contributed by atoms with Crippen LogP contribution in [0.2, 0.25) is 0 Å². The average molecular weight is 611 g/mol. The predicted octanol–water partition coefficient (Wildman–Crippen LogP) is 1.79. The molecule has 2 unspecified atom stereocenters. The molecule has 2 heterocycles. The van der Waals surface area contributed by atoms with Gasteiger partial charge >= 0.3 is 12.4 Å². The lowest BCUT2D eigenvalue weighted by molar-refractivity contribution is -0.376. The molecule has 2 fully saturated rings. The molecule has 1 amide bonds. The van der Waals surface area contributed by atoms with Gasteiger partial charge in [-0.15, -0.1) is 0 Å². The lowest BCUT2D eigenvalue weighted by Crippen LogP contribution is -2.59. The zero-order valence-corrected chi connectivity index (χ0v) is 22.0. The van der Waals surface area contributed by atoms with Gasteiger partial charge in [0.1, 0.15) is 11.9 Å². The number of likely N-dealkylation sites (tertiary alicyclic amines) is 1. The van der Waals surface area contributed by atoms with E-state index in [2.05, 4.69) is 15.3 Å². The maximum absolute atomic E-state index is 15.6. The number of alkyl halides is 6. The van der Waals surface area contributed by atoms with Gasteiger partial charge in [-0.3, -0.25) is 9.69 Å². The summed E-state index contributed by atoms with van der Waals surface area (Å²) in [6.45, 7) is -0.343. The van der Waals surface area contributed by atoms with Gasteiger partial charge in [-0.1, -0.05) is 24.3 Å². The van der Waals surface area contributed by atoms with Crippen LogP contribution >= 0.6 is 0 Å². The number of hydrogen-bond donors (Lipinski definition) is 5. The first-order valence-corrected chi connectivity index (χ1v) is 12.8. The first-order chi connectivity index (χ1) is 19.5. The maximum Gasteiger partial charge on any atom is 0.430 e. The fourth-order valence-electron chi connectivity index (χ4n) is 4.81. The van der Waals surface area contributed by atoms with Crippen LogP contribution in [0.5, 0.6) is 0 Å². The van der Waals surface area contributed by atoms with E-state index in [-0.39, 0.29) is 62.4 Å². The van der Waals surface area contributed by atoms with Crippen molar-refractivity contribution in [3.8, 4) is 0 Å². The van der Waals surface area contributed by atoms with Gasteiger partial charge in [-0.05, 0) is 24.8 Å². The Morgan fingerprint density at radius 2 is 1.74 bits per heavy atom. The molecule has 10 nitrogen and oxygen atoms in total. The van der Waals surface area contributed by atoms with Gasteiger partial charge in [-0.2, -0.15) is 30.7 Å². The summed E-state index contributed by atoms with van der Waals surface area (Å²) in [4.78, 5) is 22.0. The van der Waals surface area contributed by atoms with Gasteiger partial charge in [0.15, 0.2) is 11.6 Å². The fourth-order valence-corrected chi connectivity index (χ4v) is 4.81. The van der Waals surface area contributed by atoms with Crippen LogP contribution in [0, 0.1) is 5.82 Å². The number of carbonyl (C=O) groups is 1. The van der Waals surface area contributed by atoms with E-state index >= 15 is 4.39 Å². The van der Waals surface area contributed by atoms with E-state index in [4.69, 9.17) is 5.73 Å². The molecule has 4 rings (SSSR count). The minimum absolute atomic E-state index is 0.0377. The van der Waals surface area contributed by atoms with Crippen molar-refractivity contribution in [2.75, 3.05) is 36.4 Å². The molecular weight excluding hydrogens is 581 g/mol. The summed E-state index contributed by atoms with van der Waals surface area (Å²) in [6, 6.07) is 2.78. The van der Waals surface area contributed by atoms with E-state index in [1.807, 2.05) is 0 Å². The molecule has 232 valence electrons. The highest BCUT2D eigenvalue weighted by Gasteiger charge is 2.71. The number of aliphatic hydroxyl groups excluding tert-OH is 1. The Morgan fingerprint density at radius 1 is 1.12 bits per heavy atom. The quantitative estimate of drug-likeness (QED) is 0.254. The van der Waals surface area contributed by atoms with E-state index in [1.54, 1.807) is 4.90 Å². The molecule has 1 aliphatic carbocycles. The zero-order chi connectivity index (χ0) is 31.1. The molecule has 6 N–H and O–H groups in total. The van der Waals surface area contributed by atoms with Crippen LogP contribution in [0.4, 0.5) is 42.4 Å². The molecule has 2 atom stereocenters. The first-order valence-electron chi connectivity index (χ1n) is 12.8. The summed E-state index contributed by atoms with van der Waals surface area (Å²) in [7, 11) is 0. The van der Waals surface area contributed by atoms with Crippen molar-refractivity contribution in [1.29, 1.82) is 0 Å². The van der Waals surface area contributed by atoms with Gasteiger partial charge in [0.25, 0.3) is 5.60 Å². The summed E-state index contributed by atoms with van der Waals surface area (Å²) in [5.74, 6) is -2.01. The molecular formula is C25H29F7N6O4. The van der Waals surface area contributed by atoms with Gasteiger partial charge in [0, 0.05) is 37.8 Å². The lowest BCUT2D eigenvalue weighted by atomic mass is 9.88. The van der Waals surface area contributed by atoms with Crippen LogP contribution in [0.25, 0.3) is 0 Å². The topological polar surface area (TPSA) is 148 Å². The van der Waals surface area contributed by atoms with Crippen LogP contribution in [0.1, 0.15) is 30.4 Å². The van der Waals surface area contributed by atoms with Gasteiger partial charge < -0.3 is 31.3 Å². The number of piperidine rings is 1. The Bertz CT molecular complexity index is 1260. The minimum Gasteiger partial charge on any atom is -0.389 e. The van der Waals surface area contributed by atoms with Crippen LogP contribution in [-0.4, -0.2) is 92.4 Å². The van der Waals surface area contributed by atoms with Gasteiger partial charge in [0.2, 0.25) is 11.7 Å². The highest BCUT2D eigenvalue weighted by Crippen LogP contribution is 2.50. The van der Waals surface area contributed by atoms with Crippen molar-refractivity contribution in [3.05, 3.63) is 47.5 Å². The highest BCUT2D eigenvalue weighted by atomic mass is 19.4. The van der Waals surface area contributed by atoms with E-state index < -0.39 is 46.9 Å². The summed E-state index contributed by atoms with van der Waals surface area (Å²) in [6.07, 6.45) is -11.0. The number of β-amino-alcohol motifs (C(OH)–C–C–N with tert-alkyl or cyclic N) is 1. The van der Waals surface area contributed by atoms with Crippen molar-refractivity contribution in [2.45, 2.75) is 61.5 Å². The third kappa shape index (κ3) is 6.38. The van der Waals surface area contributed by atoms with E-state index in [9.17, 15) is 46.5 Å². The second-order valence-electron chi connectivity index (χ2n) is 10.5. The Balaban J connectivity index is 1.50. The Labute approximate surface area is 235 Å². The molecule has 1 aromatic heterocycles. The number of amides is 1. The van der Waals surface area contributed by atoms with E-state index in [0.29, 0.717) is 25.0 Å². The van der Waals surface area contributed by atoms with Crippen LogP contribution in [0.15, 0.2) is 30.6 Å². The summed E-state index contributed by atoms with van der Waals surface area (Å²) < 4.78 is 94.9. The second-order valence-corrected chi connectivity index (χ2v) is 10.5. The molecule has 0 radical (unpaired) electrons. The number of nitrogens with zero attached hydrogens (tertiary/aromatic N) is 4. The molecule has 17 heteroatoms. The maximum atomic E-state index is 15.6. The number of carbonyl (C=O) groups excluding carboxylic acids is 1. The minimum atomic E-state index is -6.02. The number of hydrogen-bond acceptors (Lipinski definition) is 9. The number of rotatable bonds is 10. The molecule has 1 saturated heterocycles. The van der Waals surface area contributed by atoms with Crippen molar-refractivity contribution in [3.63, 3.8) is 0 Å². The second kappa shape index (κ2) is 11.4. The Hall–Kier alpha value is -3.28. The average Bonchev–Trinajstić information content (AvgIpc) is 3.73.